The standard InChI is InChI=1S/C12H14N4O3/c1-16-11(13)7(6-15-16)5-14-12(19)9-3-2-8(17)4-10(9)18/h2-4,6,17-18H,5,13H2,1H3,(H,14,19). The largest absolute Gasteiger partial charge is 0.508 e. The van der Waals surface area contributed by atoms with E-state index >= 15 is 0 Å². The first-order valence-electron chi connectivity index (χ1n) is 5.55. The molecule has 0 aliphatic carbocycles. The third kappa shape index (κ3) is 2.59. The fourth-order valence-electron chi connectivity index (χ4n) is 1.61. The van der Waals surface area contributed by atoms with Gasteiger partial charge in [0.15, 0.2) is 0 Å². The lowest BCUT2D eigenvalue weighted by molar-refractivity contribution is 0.0948. The molecule has 2 rings (SSSR count). The van der Waals surface area contributed by atoms with Crippen LogP contribution in [0.15, 0.2) is 24.4 Å². The number of anilines is 1. The summed E-state index contributed by atoms with van der Waals surface area (Å²) in [5, 5.41) is 25.3. The minimum Gasteiger partial charge on any atom is -0.508 e. The fraction of sp³-hybridized carbons (Fsp3) is 0.167. The van der Waals surface area contributed by atoms with Crippen molar-refractivity contribution in [2.45, 2.75) is 6.54 Å². The second kappa shape index (κ2) is 4.89. The van der Waals surface area contributed by atoms with Gasteiger partial charge in [-0.15, -0.1) is 0 Å². The number of phenolic OH excluding ortho intramolecular Hbond substituents is 2. The van der Waals surface area contributed by atoms with Gasteiger partial charge in [0.25, 0.3) is 5.91 Å². The van der Waals surface area contributed by atoms with Crippen LogP contribution in [0.25, 0.3) is 0 Å². The number of carbonyl (C=O) groups is 1. The number of aromatic nitrogens is 2. The van der Waals surface area contributed by atoms with E-state index in [2.05, 4.69) is 10.4 Å². The van der Waals surface area contributed by atoms with Gasteiger partial charge in [0.2, 0.25) is 0 Å². The summed E-state index contributed by atoms with van der Waals surface area (Å²) in [6.07, 6.45) is 1.56. The van der Waals surface area contributed by atoms with Gasteiger partial charge < -0.3 is 21.3 Å². The van der Waals surface area contributed by atoms with Crippen LogP contribution < -0.4 is 11.1 Å². The van der Waals surface area contributed by atoms with Crippen molar-refractivity contribution in [3.63, 3.8) is 0 Å². The molecule has 0 atom stereocenters. The average molecular weight is 262 g/mol. The zero-order valence-electron chi connectivity index (χ0n) is 10.3. The Labute approximate surface area is 109 Å². The highest BCUT2D eigenvalue weighted by atomic mass is 16.3. The number of nitrogen functional groups attached to an aromatic ring is 1. The number of amides is 1. The van der Waals surface area contributed by atoms with Gasteiger partial charge in [0.1, 0.15) is 17.3 Å². The summed E-state index contributed by atoms with van der Waals surface area (Å²) in [6.45, 7) is 0.207. The quantitative estimate of drug-likeness (QED) is 0.637. The summed E-state index contributed by atoms with van der Waals surface area (Å²) in [6, 6.07) is 3.77. The summed E-state index contributed by atoms with van der Waals surface area (Å²) in [5.41, 5.74) is 6.52. The topological polar surface area (TPSA) is 113 Å². The van der Waals surface area contributed by atoms with Gasteiger partial charge in [-0.2, -0.15) is 5.10 Å². The molecule has 100 valence electrons. The summed E-state index contributed by atoms with van der Waals surface area (Å²) in [5.74, 6) is -0.377. The maximum atomic E-state index is 11.8. The van der Waals surface area contributed by atoms with Gasteiger partial charge in [-0.25, -0.2) is 0 Å². The molecule has 1 aromatic carbocycles. The van der Waals surface area contributed by atoms with E-state index in [4.69, 9.17) is 10.8 Å². The van der Waals surface area contributed by atoms with Crippen molar-refractivity contribution in [1.82, 2.24) is 15.1 Å². The smallest absolute Gasteiger partial charge is 0.255 e. The number of nitrogens with one attached hydrogen (secondary N) is 1. The number of benzene rings is 1. The fourth-order valence-corrected chi connectivity index (χ4v) is 1.61. The zero-order valence-corrected chi connectivity index (χ0v) is 10.3. The van der Waals surface area contributed by atoms with Crippen LogP contribution in [-0.4, -0.2) is 25.9 Å². The van der Waals surface area contributed by atoms with Crippen molar-refractivity contribution in [1.29, 1.82) is 0 Å². The molecule has 0 aliphatic rings. The maximum Gasteiger partial charge on any atom is 0.255 e. The first kappa shape index (κ1) is 12.7. The Hall–Kier alpha value is -2.70. The number of nitrogens with two attached hydrogens (primary N) is 1. The lowest BCUT2D eigenvalue weighted by Gasteiger charge is -2.06. The van der Waals surface area contributed by atoms with Crippen LogP contribution in [0.5, 0.6) is 11.5 Å². The van der Waals surface area contributed by atoms with E-state index in [0.717, 1.165) is 6.07 Å². The molecule has 0 fully saturated rings. The van der Waals surface area contributed by atoms with Gasteiger partial charge in [-0.1, -0.05) is 0 Å². The molecule has 5 N–H and O–H groups in total. The zero-order chi connectivity index (χ0) is 14.0. The highest BCUT2D eigenvalue weighted by molar-refractivity contribution is 5.97. The Morgan fingerprint density at radius 1 is 1.47 bits per heavy atom. The van der Waals surface area contributed by atoms with Gasteiger partial charge >= 0.3 is 0 Å². The number of aryl methyl sites for hydroxylation is 1. The molecule has 0 saturated carbocycles. The molecule has 0 radical (unpaired) electrons. The minimum atomic E-state index is -0.458. The maximum absolute atomic E-state index is 11.8. The van der Waals surface area contributed by atoms with Crippen molar-refractivity contribution >= 4 is 11.7 Å². The van der Waals surface area contributed by atoms with Gasteiger partial charge in [-0.3, -0.25) is 9.48 Å². The van der Waals surface area contributed by atoms with Crippen molar-refractivity contribution in [2.24, 2.45) is 7.05 Å². The van der Waals surface area contributed by atoms with Crippen molar-refractivity contribution in [3.05, 3.63) is 35.5 Å². The number of rotatable bonds is 3. The van der Waals surface area contributed by atoms with Gasteiger partial charge in [0.05, 0.1) is 11.8 Å². The van der Waals surface area contributed by atoms with E-state index in [1.54, 1.807) is 13.2 Å². The molecule has 0 unspecified atom stereocenters. The number of carbonyl (C=O) groups excluding carboxylic acids is 1. The first-order valence-corrected chi connectivity index (χ1v) is 5.55. The van der Waals surface area contributed by atoms with E-state index in [9.17, 15) is 9.90 Å². The van der Waals surface area contributed by atoms with Crippen LogP contribution in [0.2, 0.25) is 0 Å². The van der Waals surface area contributed by atoms with Gasteiger partial charge in [-0.05, 0) is 12.1 Å². The SMILES string of the molecule is Cn1ncc(CNC(=O)c2ccc(O)cc2O)c1N. The molecule has 0 aliphatic heterocycles. The summed E-state index contributed by atoms with van der Waals surface area (Å²) in [7, 11) is 1.70. The summed E-state index contributed by atoms with van der Waals surface area (Å²) >= 11 is 0. The monoisotopic (exact) mass is 262 g/mol. The second-order valence-electron chi connectivity index (χ2n) is 4.06. The predicted molar refractivity (Wildman–Crippen MR) is 68.6 cm³/mol. The Balaban J connectivity index is 2.07. The number of hydrogen-bond donors (Lipinski definition) is 4. The molecular formula is C12H14N4O3. The highest BCUT2D eigenvalue weighted by Gasteiger charge is 2.12. The first-order chi connectivity index (χ1) is 8.99. The third-order valence-corrected chi connectivity index (χ3v) is 2.73. The van der Waals surface area contributed by atoms with Crippen LogP contribution in [0, 0.1) is 0 Å². The molecule has 0 saturated heterocycles. The molecule has 1 amide bonds. The number of phenols is 2. The number of aromatic hydroxyl groups is 2. The predicted octanol–water partition coefficient (Wildman–Crippen LogP) is 0.343. The number of nitrogens with zero attached hydrogens (tertiary/aromatic N) is 2. The molecule has 1 aromatic heterocycles. The van der Waals surface area contributed by atoms with Crippen LogP contribution in [0.3, 0.4) is 0 Å². The van der Waals surface area contributed by atoms with E-state index in [1.807, 2.05) is 0 Å². The normalized spacial score (nSPS) is 10.4. The van der Waals surface area contributed by atoms with E-state index in [-0.39, 0.29) is 23.6 Å². The average Bonchev–Trinajstić information content (AvgIpc) is 2.67. The van der Waals surface area contributed by atoms with E-state index < -0.39 is 5.91 Å². The summed E-state index contributed by atoms with van der Waals surface area (Å²) in [4.78, 5) is 11.8. The van der Waals surface area contributed by atoms with Crippen molar-refractivity contribution in [3.8, 4) is 11.5 Å². The van der Waals surface area contributed by atoms with Gasteiger partial charge in [0, 0.05) is 25.2 Å². The molecule has 19 heavy (non-hydrogen) atoms. The Morgan fingerprint density at radius 3 is 2.79 bits per heavy atom. The molecule has 7 nitrogen and oxygen atoms in total. The Kier molecular flexibility index (Phi) is 3.28. The highest BCUT2D eigenvalue weighted by Crippen LogP contribution is 2.22. The third-order valence-electron chi connectivity index (χ3n) is 2.73. The molecule has 0 spiro atoms. The second-order valence-corrected chi connectivity index (χ2v) is 4.06. The lowest BCUT2D eigenvalue weighted by Crippen LogP contribution is -2.23. The van der Waals surface area contributed by atoms with Crippen LogP contribution in [-0.2, 0) is 13.6 Å². The summed E-state index contributed by atoms with van der Waals surface area (Å²) < 4.78 is 1.50. The molecule has 1 heterocycles. The van der Waals surface area contributed by atoms with Crippen LogP contribution >= 0.6 is 0 Å². The van der Waals surface area contributed by atoms with Crippen molar-refractivity contribution in [2.75, 3.05) is 5.73 Å². The van der Waals surface area contributed by atoms with E-state index in [1.165, 1.54) is 16.8 Å². The Morgan fingerprint density at radius 2 is 2.21 bits per heavy atom. The Bertz CT molecular complexity index is 621. The van der Waals surface area contributed by atoms with E-state index in [0.29, 0.717) is 11.4 Å². The lowest BCUT2D eigenvalue weighted by atomic mass is 10.1. The molecular weight excluding hydrogens is 248 g/mol. The number of hydrogen-bond acceptors (Lipinski definition) is 5. The molecule has 2 aromatic rings. The van der Waals surface area contributed by atoms with Crippen LogP contribution in [0.1, 0.15) is 15.9 Å². The van der Waals surface area contributed by atoms with Crippen molar-refractivity contribution < 1.29 is 15.0 Å². The molecule has 0 bridgehead atoms. The molecule has 7 heteroatoms. The van der Waals surface area contributed by atoms with Crippen LogP contribution in [0.4, 0.5) is 5.82 Å². The minimum absolute atomic E-state index is 0.0836.